The van der Waals surface area contributed by atoms with E-state index in [-0.39, 0.29) is 25.0 Å². The zero-order chi connectivity index (χ0) is 30.1. The van der Waals surface area contributed by atoms with Crippen molar-refractivity contribution in [3.05, 3.63) is 0 Å². The molecule has 12 heteroatoms. The molecule has 0 spiro atoms. The smallest absolute Gasteiger partial charge is 0.223 e. The molecule has 6 rings (SSSR count). The van der Waals surface area contributed by atoms with Crippen molar-refractivity contribution in [2.45, 2.75) is 114 Å². The molecule has 0 aromatic carbocycles. The lowest BCUT2D eigenvalue weighted by Crippen LogP contribution is -2.97. The molecule has 5 aliphatic heterocycles. The van der Waals surface area contributed by atoms with E-state index >= 15 is 0 Å². The number of aliphatic hydroxyl groups excluding tert-OH is 1. The first-order valence-electron chi connectivity index (χ1n) is 13.3. The molecule has 1 aliphatic carbocycles. The van der Waals surface area contributed by atoms with Gasteiger partial charge in [0.25, 0.3) is 0 Å². The molecule has 224 valence electrons. The van der Waals surface area contributed by atoms with E-state index in [9.17, 15) is 30.0 Å². The molecule has 0 aromatic rings. The number of rotatable bonds is 8. The lowest BCUT2D eigenvalue weighted by Gasteiger charge is -2.82. The van der Waals surface area contributed by atoms with Crippen LogP contribution in [0.1, 0.15) is 69.2 Å². The van der Waals surface area contributed by atoms with Crippen LogP contribution in [0.4, 0.5) is 0 Å². The Morgan fingerprint density at radius 3 is 1.95 bits per heavy atom. The summed E-state index contributed by atoms with van der Waals surface area (Å²) in [6, 6.07) is 0. The highest BCUT2D eigenvalue weighted by Crippen LogP contribution is 2.74. The third-order valence-corrected chi connectivity index (χ3v) is 12.3. The average molecular weight is 559 g/mol. The zero-order valence-corrected chi connectivity index (χ0v) is 24.8. The summed E-state index contributed by atoms with van der Waals surface area (Å²) in [4.78, 5) is 24.9. The SMILES string of the molecule is CO[C@]1(C)O[C@@]2(C(=O)[O-])O[C@@](C)(C1(C)O)[C@]2(C)COC[C@]1(C)OC2(CO)[C@@H](C)[C@@](C)(C1(C)NC(C)=O)[C@]2(C)O. The first-order valence-corrected chi connectivity index (χ1v) is 13.3. The van der Waals surface area contributed by atoms with E-state index in [1.807, 2.05) is 13.8 Å². The van der Waals surface area contributed by atoms with Crippen LogP contribution in [0.2, 0.25) is 0 Å². The molecule has 6 fully saturated rings. The third kappa shape index (κ3) is 2.78. The Hall–Kier alpha value is -1.38. The van der Waals surface area contributed by atoms with Crippen molar-refractivity contribution in [3.63, 3.8) is 0 Å². The number of nitrogens with one attached hydrogen (secondary N) is 1. The number of carbonyl (C=O) groups excluding carboxylic acids is 2. The number of methoxy groups -OCH3 is 1. The second kappa shape index (κ2) is 7.91. The van der Waals surface area contributed by atoms with Crippen LogP contribution in [-0.2, 0) is 33.3 Å². The molecule has 1 saturated carbocycles. The summed E-state index contributed by atoms with van der Waals surface area (Å²) < 4.78 is 29.7. The topological polar surface area (TPSA) is 176 Å². The molecule has 39 heavy (non-hydrogen) atoms. The molecule has 3 unspecified atom stereocenters. The summed E-state index contributed by atoms with van der Waals surface area (Å²) in [7, 11) is 1.29. The molecular formula is C27H44NO11-. The molecule has 1 amide bonds. The number of carbonyl (C=O) groups is 2. The van der Waals surface area contributed by atoms with Crippen LogP contribution in [0.3, 0.4) is 0 Å². The number of hydrogen-bond donors (Lipinski definition) is 4. The summed E-state index contributed by atoms with van der Waals surface area (Å²) in [5.74, 6) is -6.36. The van der Waals surface area contributed by atoms with Gasteiger partial charge in [0.15, 0.2) is 5.79 Å². The Morgan fingerprint density at radius 1 is 0.949 bits per heavy atom. The van der Waals surface area contributed by atoms with Gasteiger partial charge in [-0.3, -0.25) is 4.79 Å². The molecule has 4 bridgehead atoms. The molecule has 0 aromatic heterocycles. The molecular weight excluding hydrogens is 514 g/mol. The van der Waals surface area contributed by atoms with Crippen molar-refractivity contribution >= 4 is 11.9 Å². The largest absolute Gasteiger partial charge is 0.544 e. The third-order valence-electron chi connectivity index (χ3n) is 12.3. The quantitative estimate of drug-likeness (QED) is 0.294. The highest BCUT2D eigenvalue weighted by molar-refractivity contribution is 5.78. The maximum absolute atomic E-state index is 12.4. The van der Waals surface area contributed by atoms with Crippen LogP contribution in [0.15, 0.2) is 0 Å². The van der Waals surface area contributed by atoms with Gasteiger partial charge in [0.05, 0.1) is 30.8 Å². The fraction of sp³-hybridized carbons (Fsp3) is 0.926. The summed E-state index contributed by atoms with van der Waals surface area (Å²) >= 11 is 0. The first kappa shape index (κ1) is 30.6. The van der Waals surface area contributed by atoms with E-state index in [4.69, 9.17) is 23.7 Å². The summed E-state index contributed by atoms with van der Waals surface area (Å²) in [6.07, 6.45) is 0. The van der Waals surface area contributed by atoms with E-state index in [0.717, 1.165) is 0 Å². The van der Waals surface area contributed by atoms with Crippen molar-refractivity contribution in [2.75, 3.05) is 26.9 Å². The lowest BCUT2D eigenvalue weighted by atomic mass is 9.33. The van der Waals surface area contributed by atoms with Gasteiger partial charge in [0, 0.05) is 25.4 Å². The van der Waals surface area contributed by atoms with E-state index < -0.39 is 68.5 Å². The van der Waals surface area contributed by atoms with Gasteiger partial charge in [-0.25, -0.2) is 0 Å². The minimum absolute atomic E-state index is 0.178. The predicted molar refractivity (Wildman–Crippen MR) is 133 cm³/mol. The van der Waals surface area contributed by atoms with Crippen LogP contribution in [0.25, 0.3) is 0 Å². The maximum Gasteiger partial charge on any atom is 0.223 e. The monoisotopic (exact) mass is 558 g/mol. The zero-order valence-electron chi connectivity index (χ0n) is 24.8. The summed E-state index contributed by atoms with van der Waals surface area (Å²) in [6.45, 7) is 15.2. The van der Waals surface area contributed by atoms with E-state index in [0.29, 0.717) is 0 Å². The summed E-state index contributed by atoms with van der Waals surface area (Å²) in [5, 5.41) is 49.0. The van der Waals surface area contributed by atoms with E-state index in [1.54, 1.807) is 34.6 Å². The number of aliphatic carboxylic acids is 1. The number of carboxylic acids is 1. The highest BCUT2D eigenvalue weighted by atomic mass is 16.8. The van der Waals surface area contributed by atoms with Gasteiger partial charge in [-0.05, 0) is 48.5 Å². The number of amides is 1. The fourth-order valence-electron chi connectivity index (χ4n) is 8.53. The minimum atomic E-state index is -2.29. The van der Waals surface area contributed by atoms with Gasteiger partial charge in [0.2, 0.25) is 11.7 Å². The van der Waals surface area contributed by atoms with Crippen molar-refractivity contribution in [3.8, 4) is 0 Å². The number of carboxylic acid groups (broad SMARTS) is 1. The Labute approximate surface area is 229 Å². The van der Waals surface area contributed by atoms with Crippen LogP contribution in [-0.4, -0.2) is 99.2 Å². The van der Waals surface area contributed by atoms with Crippen molar-refractivity contribution in [2.24, 2.45) is 16.7 Å². The van der Waals surface area contributed by atoms with Gasteiger partial charge in [-0.1, -0.05) is 13.8 Å². The van der Waals surface area contributed by atoms with Crippen LogP contribution < -0.4 is 10.4 Å². The van der Waals surface area contributed by atoms with Crippen LogP contribution in [0.5, 0.6) is 0 Å². The first-order chi connectivity index (χ1) is 17.5. The average Bonchev–Trinajstić information content (AvgIpc) is 2.82. The molecule has 4 N–H and O–H groups in total. The van der Waals surface area contributed by atoms with Gasteiger partial charge in [-0.2, -0.15) is 0 Å². The summed E-state index contributed by atoms with van der Waals surface area (Å²) in [5.41, 5.74) is -11.0. The van der Waals surface area contributed by atoms with Crippen LogP contribution >= 0.6 is 0 Å². The molecule has 12 nitrogen and oxygen atoms in total. The molecule has 5 heterocycles. The van der Waals surface area contributed by atoms with Crippen molar-refractivity contribution in [1.29, 1.82) is 0 Å². The van der Waals surface area contributed by atoms with Gasteiger partial charge >= 0.3 is 0 Å². The molecule has 11 atom stereocenters. The highest BCUT2D eigenvalue weighted by Gasteiger charge is 2.89. The number of fused-ring (bicyclic) bond motifs is 4. The Bertz CT molecular complexity index is 1100. The second-order valence-electron chi connectivity index (χ2n) is 13.4. The van der Waals surface area contributed by atoms with Gasteiger partial charge < -0.3 is 54.2 Å². The second-order valence-corrected chi connectivity index (χ2v) is 13.4. The Balaban J connectivity index is 1.70. The normalized spacial score (nSPS) is 57.7. The van der Waals surface area contributed by atoms with Crippen LogP contribution in [0, 0.1) is 16.7 Å². The molecule has 5 saturated heterocycles. The maximum atomic E-state index is 12.4. The number of aliphatic hydroxyl groups is 3. The van der Waals surface area contributed by atoms with Gasteiger partial charge in [0.1, 0.15) is 34.0 Å². The number of ether oxygens (including phenoxy) is 5. The van der Waals surface area contributed by atoms with Crippen molar-refractivity contribution in [1.82, 2.24) is 5.32 Å². The minimum Gasteiger partial charge on any atom is -0.544 e. The Kier molecular flexibility index (Phi) is 6.20. The van der Waals surface area contributed by atoms with E-state index in [2.05, 4.69) is 5.32 Å². The predicted octanol–water partition coefficient (Wildman–Crippen LogP) is -0.790. The molecule has 6 aliphatic rings. The van der Waals surface area contributed by atoms with E-state index in [1.165, 1.54) is 27.9 Å². The Morgan fingerprint density at radius 2 is 1.51 bits per heavy atom. The molecule has 0 radical (unpaired) electrons. The fourth-order valence-corrected chi connectivity index (χ4v) is 8.53. The van der Waals surface area contributed by atoms with Gasteiger partial charge in [-0.15, -0.1) is 0 Å². The lowest BCUT2D eigenvalue weighted by molar-refractivity contribution is -0.594. The van der Waals surface area contributed by atoms with Crippen molar-refractivity contribution < 1.29 is 53.7 Å². The number of hydrogen-bond acceptors (Lipinski definition) is 11. The standard InChI is InChI=1S/C27H45NO11/c1-15-20(5)21(6,28-16(2)30)19(4,37-26(15,12-29)22(20,7)33)14-36-13-18(3)24(9)23(8,34)25(10,35-11)39-27(18,38-24)17(31)32/h15,29,33-34H,12-14H2,1-11H3,(H,28,30)(H,31,32)/p-1/t15-,18-,19-,20-,21?,22-,23?,24+,25+,26?,27+/m0/s1.